The lowest BCUT2D eigenvalue weighted by atomic mass is 10.1. The van der Waals surface area contributed by atoms with Gasteiger partial charge >= 0.3 is 0 Å². The lowest BCUT2D eigenvalue weighted by Crippen LogP contribution is -2.47. The third kappa shape index (κ3) is 4.15. The van der Waals surface area contributed by atoms with E-state index in [2.05, 4.69) is 27.2 Å². The summed E-state index contributed by atoms with van der Waals surface area (Å²) in [5, 5.41) is 13.0. The SMILES string of the molecule is CN1CCN(C(=O)c2cccc(-c3cc4ncnc(Nc5cccc(O)c5)c4s3)c2)CC1. The quantitative estimate of drug-likeness (QED) is 0.490. The lowest BCUT2D eigenvalue weighted by molar-refractivity contribution is 0.0664. The Bertz CT molecular complexity index is 1280. The van der Waals surface area contributed by atoms with Crippen molar-refractivity contribution in [3.8, 4) is 16.2 Å². The van der Waals surface area contributed by atoms with E-state index in [1.165, 1.54) is 6.33 Å². The number of hydrogen-bond donors (Lipinski definition) is 2. The number of amides is 1. The molecule has 7 nitrogen and oxygen atoms in total. The zero-order valence-electron chi connectivity index (χ0n) is 17.7. The van der Waals surface area contributed by atoms with Crippen molar-refractivity contribution in [3.63, 3.8) is 0 Å². The Morgan fingerprint density at radius 2 is 1.84 bits per heavy atom. The molecular formula is C24H23N5O2S. The van der Waals surface area contributed by atoms with Crippen LogP contribution < -0.4 is 5.32 Å². The maximum Gasteiger partial charge on any atom is 0.253 e. The fraction of sp³-hybridized carbons (Fsp3) is 0.208. The minimum absolute atomic E-state index is 0.0760. The molecule has 0 saturated carbocycles. The van der Waals surface area contributed by atoms with Crippen molar-refractivity contribution >= 4 is 39.0 Å². The number of phenols is 1. The van der Waals surface area contributed by atoms with Crippen molar-refractivity contribution in [1.82, 2.24) is 19.8 Å². The molecule has 1 aliphatic heterocycles. The van der Waals surface area contributed by atoms with Crippen molar-refractivity contribution in [2.75, 3.05) is 38.5 Å². The molecule has 1 aliphatic rings. The number of likely N-dealkylation sites (N-methyl/N-ethyl adjacent to an activating group) is 1. The standard InChI is InChI=1S/C24H23N5O2S/c1-28-8-10-29(11-9-28)24(31)17-5-2-4-16(12-17)21-14-20-22(32-21)23(26-15-25-20)27-18-6-3-7-19(30)13-18/h2-7,12-15,30H,8-11H2,1H3,(H,25,26,27). The van der Waals surface area contributed by atoms with Gasteiger partial charge in [-0.25, -0.2) is 9.97 Å². The zero-order valence-corrected chi connectivity index (χ0v) is 18.5. The van der Waals surface area contributed by atoms with Crippen LogP contribution in [-0.2, 0) is 0 Å². The molecule has 32 heavy (non-hydrogen) atoms. The van der Waals surface area contributed by atoms with E-state index >= 15 is 0 Å². The van der Waals surface area contributed by atoms with Crippen LogP contribution in [0.2, 0.25) is 0 Å². The monoisotopic (exact) mass is 445 g/mol. The summed E-state index contributed by atoms with van der Waals surface area (Å²) in [6.45, 7) is 3.30. The number of thiophene rings is 1. The summed E-state index contributed by atoms with van der Waals surface area (Å²) in [5.41, 5.74) is 3.27. The first kappa shape index (κ1) is 20.4. The molecule has 0 unspecified atom stereocenters. The van der Waals surface area contributed by atoms with E-state index in [0.29, 0.717) is 11.4 Å². The average Bonchev–Trinajstić information content (AvgIpc) is 3.25. The molecule has 2 N–H and O–H groups in total. The fourth-order valence-corrected chi connectivity index (χ4v) is 4.86. The van der Waals surface area contributed by atoms with Gasteiger partial charge in [0, 0.05) is 48.4 Å². The molecule has 162 valence electrons. The van der Waals surface area contributed by atoms with E-state index in [-0.39, 0.29) is 11.7 Å². The van der Waals surface area contributed by atoms with E-state index in [9.17, 15) is 9.90 Å². The van der Waals surface area contributed by atoms with Gasteiger partial charge in [-0.15, -0.1) is 11.3 Å². The summed E-state index contributed by atoms with van der Waals surface area (Å²) in [5.74, 6) is 0.947. The number of hydrogen-bond acceptors (Lipinski definition) is 7. The van der Waals surface area contributed by atoms with Crippen molar-refractivity contribution in [3.05, 3.63) is 66.5 Å². The minimum Gasteiger partial charge on any atom is -0.508 e. The Morgan fingerprint density at radius 1 is 1.03 bits per heavy atom. The number of rotatable bonds is 4. The smallest absolute Gasteiger partial charge is 0.253 e. The van der Waals surface area contributed by atoms with Crippen LogP contribution in [-0.4, -0.2) is 64.0 Å². The number of phenolic OH excluding ortho intramolecular Hbond substituents is 1. The summed E-state index contributed by atoms with van der Waals surface area (Å²) in [6, 6.07) is 16.7. The third-order valence-corrected chi connectivity index (χ3v) is 6.78. The van der Waals surface area contributed by atoms with E-state index in [0.717, 1.165) is 52.5 Å². The third-order valence-electron chi connectivity index (χ3n) is 5.60. The van der Waals surface area contributed by atoms with Crippen LogP contribution in [0.4, 0.5) is 11.5 Å². The molecule has 2 aromatic carbocycles. The number of carbonyl (C=O) groups is 1. The second-order valence-corrected chi connectivity index (χ2v) is 8.95. The first-order valence-electron chi connectivity index (χ1n) is 10.5. The molecule has 4 aromatic rings. The molecule has 2 aromatic heterocycles. The van der Waals surface area contributed by atoms with Gasteiger partial charge < -0.3 is 20.2 Å². The fourth-order valence-electron chi connectivity index (χ4n) is 3.80. The summed E-state index contributed by atoms with van der Waals surface area (Å²) < 4.78 is 0.918. The second kappa shape index (κ2) is 8.57. The molecule has 0 bridgehead atoms. The van der Waals surface area contributed by atoms with Crippen LogP contribution in [0.15, 0.2) is 60.9 Å². The molecule has 5 rings (SSSR count). The number of anilines is 2. The molecule has 0 atom stereocenters. The zero-order chi connectivity index (χ0) is 22.1. The Labute approximate surface area is 190 Å². The second-order valence-electron chi connectivity index (χ2n) is 7.90. The predicted molar refractivity (Wildman–Crippen MR) is 128 cm³/mol. The van der Waals surface area contributed by atoms with Gasteiger partial charge in [-0.2, -0.15) is 0 Å². The van der Waals surface area contributed by atoms with Gasteiger partial charge in [-0.3, -0.25) is 4.79 Å². The highest BCUT2D eigenvalue weighted by atomic mass is 32.1. The van der Waals surface area contributed by atoms with E-state index in [4.69, 9.17) is 0 Å². The Hall–Kier alpha value is -3.49. The van der Waals surface area contributed by atoms with Gasteiger partial charge in [0.1, 0.15) is 12.1 Å². The molecule has 1 fully saturated rings. The summed E-state index contributed by atoms with van der Waals surface area (Å²) in [6.07, 6.45) is 1.53. The topological polar surface area (TPSA) is 81.6 Å². The number of nitrogens with zero attached hydrogens (tertiary/aromatic N) is 4. The lowest BCUT2D eigenvalue weighted by Gasteiger charge is -2.32. The van der Waals surface area contributed by atoms with Crippen LogP contribution >= 0.6 is 11.3 Å². The first-order valence-corrected chi connectivity index (χ1v) is 11.3. The molecule has 0 aliphatic carbocycles. The minimum atomic E-state index is 0.0760. The van der Waals surface area contributed by atoms with Crippen LogP contribution in [0.1, 0.15) is 10.4 Å². The largest absolute Gasteiger partial charge is 0.508 e. The van der Waals surface area contributed by atoms with Gasteiger partial charge in [-0.1, -0.05) is 18.2 Å². The Kier molecular flexibility index (Phi) is 5.46. The molecule has 8 heteroatoms. The summed E-state index contributed by atoms with van der Waals surface area (Å²) in [4.78, 5) is 27.0. The van der Waals surface area contributed by atoms with Crippen LogP contribution in [0, 0.1) is 0 Å². The maximum atomic E-state index is 13.0. The average molecular weight is 446 g/mol. The van der Waals surface area contributed by atoms with Crippen LogP contribution in [0.3, 0.4) is 0 Å². The normalized spacial score (nSPS) is 14.6. The Balaban J connectivity index is 1.44. The Morgan fingerprint density at radius 3 is 2.66 bits per heavy atom. The van der Waals surface area contributed by atoms with Crippen molar-refractivity contribution < 1.29 is 9.90 Å². The van der Waals surface area contributed by atoms with Gasteiger partial charge in [-0.05, 0) is 42.9 Å². The molecule has 0 radical (unpaired) electrons. The highest BCUT2D eigenvalue weighted by Crippen LogP contribution is 2.37. The van der Waals surface area contributed by atoms with Gasteiger partial charge in [0.15, 0.2) is 5.82 Å². The number of aromatic nitrogens is 2. The summed E-state index contributed by atoms with van der Waals surface area (Å²) >= 11 is 1.58. The number of benzene rings is 2. The van der Waals surface area contributed by atoms with Crippen LogP contribution in [0.25, 0.3) is 20.7 Å². The maximum absolute atomic E-state index is 13.0. The number of piperazine rings is 1. The number of carbonyl (C=O) groups excluding carboxylic acids is 1. The van der Waals surface area contributed by atoms with Gasteiger partial charge in [0.05, 0.1) is 10.2 Å². The highest BCUT2D eigenvalue weighted by molar-refractivity contribution is 7.22. The molecule has 3 heterocycles. The summed E-state index contributed by atoms with van der Waals surface area (Å²) in [7, 11) is 2.08. The first-order chi connectivity index (χ1) is 15.6. The number of fused-ring (bicyclic) bond motifs is 1. The number of nitrogens with one attached hydrogen (secondary N) is 1. The predicted octanol–water partition coefficient (Wildman–Crippen LogP) is 4.20. The molecular weight excluding hydrogens is 422 g/mol. The van der Waals surface area contributed by atoms with E-state index in [1.807, 2.05) is 41.3 Å². The number of aromatic hydroxyl groups is 1. The molecule has 1 saturated heterocycles. The van der Waals surface area contributed by atoms with Crippen molar-refractivity contribution in [2.24, 2.45) is 0 Å². The van der Waals surface area contributed by atoms with Crippen molar-refractivity contribution in [2.45, 2.75) is 0 Å². The molecule has 1 amide bonds. The molecule has 0 spiro atoms. The van der Waals surface area contributed by atoms with Gasteiger partial charge in [0.25, 0.3) is 5.91 Å². The van der Waals surface area contributed by atoms with Crippen molar-refractivity contribution in [1.29, 1.82) is 0 Å². The highest BCUT2D eigenvalue weighted by Gasteiger charge is 2.21. The van der Waals surface area contributed by atoms with E-state index in [1.54, 1.807) is 29.5 Å². The van der Waals surface area contributed by atoms with E-state index < -0.39 is 0 Å². The van der Waals surface area contributed by atoms with Crippen LogP contribution in [0.5, 0.6) is 5.75 Å². The van der Waals surface area contributed by atoms with Gasteiger partial charge in [0.2, 0.25) is 0 Å².